The van der Waals surface area contributed by atoms with Crippen LogP contribution in [0.25, 0.3) is 6.08 Å². The minimum atomic E-state index is -4.56. The Labute approximate surface area is 165 Å². The Hall–Kier alpha value is -2.85. The van der Waals surface area contributed by atoms with Crippen molar-refractivity contribution in [2.24, 2.45) is 4.99 Å². The second kappa shape index (κ2) is 7.64. The Morgan fingerprint density at radius 2 is 1.96 bits per heavy atom. The van der Waals surface area contributed by atoms with Crippen molar-refractivity contribution >= 4 is 51.9 Å². The molecule has 0 aromatic heterocycles. The predicted octanol–water partition coefficient (Wildman–Crippen LogP) is 5.16. The summed E-state index contributed by atoms with van der Waals surface area (Å²) >= 11 is 6.78. The van der Waals surface area contributed by atoms with Crippen LogP contribution in [0.3, 0.4) is 0 Å². The fourth-order valence-corrected chi connectivity index (χ4v) is 3.24. The van der Waals surface area contributed by atoms with E-state index in [9.17, 15) is 28.1 Å². The molecule has 0 bridgehead atoms. The van der Waals surface area contributed by atoms with Crippen LogP contribution in [0.5, 0.6) is 0 Å². The molecule has 144 valence electrons. The van der Waals surface area contributed by atoms with E-state index >= 15 is 0 Å². The molecule has 3 rings (SSSR count). The van der Waals surface area contributed by atoms with Gasteiger partial charge in [-0.25, -0.2) is 4.99 Å². The number of rotatable bonds is 3. The number of nitrogens with one attached hydrogen (secondary N) is 1. The number of amidine groups is 1. The average Bonchev–Trinajstić information content (AvgIpc) is 2.95. The number of nitro benzene ring substituents is 1. The lowest BCUT2D eigenvalue weighted by atomic mass is 10.2. The second-order valence-corrected chi connectivity index (χ2v) is 6.94. The van der Waals surface area contributed by atoms with Crippen LogP contribution in [-0.2, 0) is 11.0 Å². The fraction of sp³-hybridized carbons (Fsp3) is 0.0588. The predicted molar refractivity (Wildman–Crippen MR) is 100 cm³/mol. The molecule has 1 N–H and O–H groups in total. The standard InChI is InChI=1S/C17H9ClF3N3O3S/c18-12-5-4-10(17(19,20)21)8-13(12)22-16-23-15(25)14(28-16)7-9-2-1-3-11(6-9)24(26)27/h1-8H,(H,22,23,25). The highest BCUT2D eigenvalue weighted by molar-refractivity contribution is 8.18. The van der Waals surface area contributed by atoms with E-state index in [0.29, 0.717) is 5.56 Å². The number of hydrogen-bond donors (Lipinski definition) is 1. The van der Waals surface area contributed by atoms with Gasteiger partial charge in [0.05, 0.1) is 26.1 Å². The van der Waals surface area contributed by atoms with E-state index in [1.54, 1.807) is 6.07 Å². The number of hydrogen-bond acceptors (Lipinski definition) is 5. The molecular formula is C17H9ClF3N3O3S. The molecule has 2 aromatic carbocycles. The highest BCUT2D eigenvalue weighted by Crippen LogP contribution is 2.36. The normalized spacial score (nSPS) is 17.2. The van der Waals surface area contributed by atoms with Gasteiger partial charge in [0.15, 0.2) is 5.17 Å². The summed E-state index contributed by atoms with van der Waals surface area (Å²) in [5, 5.41) is 13.3. The van der Waals surface area contributed by atoms with E-state index < -0.39 is 22.6 Å². The van der Waals surface area contributed by atoms with Crippen LogP contribution in [0.1, 0.15) is 11.1 Å². The Morgan fingerprint density at radius 3 is 2.64 bits per heavy atom. The van der Waals surface area contributed by atoms with Crippen molar-refractivity contribution < 1.29 is 22.9 Å². The lowest BCUT2D eigenvalue weighted by Gasteiger charge is -2.08. The molecule has 0 spiro atoms. The Balaban J connectivity index is 1.89. The van der Waals surface area contributed by atoms with Crippen molar-refractivity contribution in [3.05, 3.63) is 73.6 Å². The summed E-state index contributed by atoms with van der Waals surface area (Å²) in [6.45, 7) is 0. The van der Waals surface area contributed by atoms with E-state index in [2.05, 4.69) is 10.3 Å². The van der Waals surface area contributed by atoms with Gasteiger partial charge >= 0.3 is 6.18 Å². The Morgan fingerprint density at radius 1 is 1.21 bits per heavy atom. The number of halogens is 4. The third-order valence-electron chi connectivity index (χ3n) is 3.53. The maximum absolute atomic E-state index is 12.8. The number of nitrogens with zero attached hydrogens (tertiary/aromatic N) is 2. The second-order valence-electron chi connectivity index (χ2n) is 5.50. The largest absolute Gasteiger partial charge is 0.416 e. The molecule has 0 aliphatic carbocycles. The summed E-state index contributed by atoms with van der Waals surface area (Å²) in [4.78, 5) is 26.5. The van der Waals surface area contributed by atoms with Crippen LogP contribution >= 0.6 is 23.4 Å². The Bertz CT molecular complexity index is 1040. The third kappa shape index (κ3) is 4.52. The molecule has 1 saturated heterocycles. The molecule has 1 heterocycles. The molecule has 0 radical (unpaired) electrons. The zero-order valence-corrected chi connectivity index (χ0v) is 15.2. The van der Waals surface area contributed by atoms with E-state index in [1.165, 1.54) is 24.3 Å². The highest BCUT2D eigenvalue weighted by atomic mass is 35.5. The van der Waals surface area contributed by atoms with Gasteiger partial charge in [0.2, 0.25) is 0 Å². The quantitative estimate of drug-likeness (QED) is 0.416. The van der Waals surface area contributed by atoms with Gasteiger partial charge in [-0.05, 0) is 41.6 Å². The monoisotopic (exact) mass is 427 g/mol. The first kappa shape index (κ1) is 19.9. The van der Waals surface area contributed by atoms with E-state index in [0.717, 1.165) is 30.0 Å². The molecular weight excluding hydrogens is 419 g/mol. The van der Waals surface area contributed by atoms with Gasteiger partial charge in [-0.1, -0.05) is 23.7 Å². The number of carbonyl (C=O) groups excluding carboxylic acids is 1. The molecule has 0 unspecified atom stereocenters. The highest BCUT2D eigenvalue weighted by Gasteiger charge is 2.31. The van der Waals surface area contributed by atoms with Gasteiger partial charge in [-0.2, -0.15) is 13.2 Å². The van der Waals surface area contributed by atoms with E-state index in [-0.39, 0.29) is 26.5 Å². The Kier molecular flexibility index (Phi) is 5.43. The molecule has 1 aliphatic heterocycles. The van der Waals surface area contributed by atoms with Crippen LogP contribution < -0.4 is 5.32 Å². The first-order valence-electron chi connectivity index (χ1n) is 7.54. The van der Waals surface area contributed by atoms with Crippen molar-refractivity contribution in [3.63, 3.8) is 0 Å². The molecule has 11 heteroatoms. The number of alkyl halides is 3. The first-order chi connectivity index (χ1) is 13.1. The molecule has 0 saturated carbocycles. The SMILES string of the molecule is O=C1NC(=Nc2cc(C(F)(F)F)ccc2Cl)SC1=Cc1cccc([N+](=O)[O-])c1. The number of amides is 1. The maximum Gasteiger partial charge on any atom is 0.416 e. The number of carbonyl (C=O) groups is 1. The lowest BCUT2D eigenvalue weighted by Crippen LogP contribution is -2.19. The van der Waals surface area contributed by atoms with Crippen molar-refractivity contribution in [3.8, 4) is 0 Å². The topological polar surface area (TPSA) is 84.6 Å². The maximum atomic E-state index is 12.8. The number of thioether (sulfide) groups is 1. The van der Waals surface area contributed by atoms with Gasteiger partial charge in [-0.15, -0.1) is 0 Å². The lowest BCUT2D eigenvalue weighted by molar-refractivity contribution is -0.384. The molecule has 28 heavy (non-hydrogen) atoms. The zero-order valence-electron chi connectivity index (χ0n) is 13.7. The van der Waals surface area contributed by atoms with Gasteiger partial charge < -0.3 is 5.32 Å². The van der Waals surface area contributed by atoms with Gasteiger partial charge in [0.25, 0.3) is 11.6 Å². The van der Waals surface area contributed by atoms with E-state index in [1.807, 2.05) is 0 Å². The number of aliphatic imine (C=N–C) groups is 1. The zero-order chi connectivity index (χ0) is 20.5. The summed E-state index contributed by atoms with van der Waals surface area (Å²) in [6.07, 6.45) is -3.14. The molecule has 1 fully saturated rings. The molecule has 6 nitrogen and oxygen atoms in total. The fourth-order valence-electron chi connectivity index (χ4n) is 2.24. The summed E-state index contributed by atoms with van der Waals surface area (Å²) < 4.78 is 38.5. The number of benzene rings is 2. The summed E-state index contributed by atoms with van der Waals surface area (Å²) in [6, 6.07) is 8.34. The molecule has 1 aliphatic rings. The van der Waals surface area contributed by atoms with Crippen LogP contribution in [0.15, 0.2) is 52.4 Å². The molecule has 0 atom stereocenters. The van der Waals surface area contributed by atoms with Crippen LogP contribution in [-0.4, -0.2) is 16.0 Å². The van der Waals surface area contributed by atoms with Crippen molar-refractivity contribution in [2.45, 2.75) is 6.18 Å². The molecule has 1 amide bonds. The van der Waals surface area contributed by atoms with Crippen LogP contribution in [0.4, 0.5) is 24.5 Å². The smallest absolute Gasteiger partial charge is 0.300 e. The van der Waals surface area contributed by atoms with Crippen molar-refractivity contribution in [1.82, 2.24) is 5.32 Å². The summed E-state index contributed by atoms with van der Waals surface area (Å²) in [7, 11) is 0. The summed E-state index contributed by atoms with van der Waals surface area (Å²) in [5.74, 6) is -0.529. The third-order valence-corrected chi connectivity index (χ3v) is 4.75. The minimum absolute atomic E-state index is 0.00790. The van der Waals surface area contributed by atoms with Gasteiger partial charge in [0, 0.05) is 12.1 Å². The average molecular weight is 428 g/mol. The van der Waals surface area contributed by atoms with Gasteiger partial charge in [0.1, 0.15) is 0 Å². The van der Waals surface area contributed by atoms with Gasteiger partial charge in [-0.3, -0.25) is 14.9 Å². The first-order valence-corrected chi connectivity index (χ1v) is 8.74. The summed E-state index contributed by atoms with van der Waals surface area (Å²) in [5.41, 5.74) is -0.776. The van der Waals surface area contributed by atoms with Crippen molar-refractivity contribution in [2.75, 3.05) is 0 Å². The van der Waals surface area contributed by atoms with Crippen LogP contribution in [0.2, 0.25) is 5.02 Å². The van der Waals surface area contributed by atoms with Crippen LogP contribution in [0, 0.1) is 10.1 Å². The molecule has 2 aromatic rings. The minimum Gasteiger partial charge on any atom is -0.300 e. The number of nitro groups is 1. The number of non-ortho nitro benzene ring substituents is 1. The van der Waals surface area contributed by atoms with E-state index in [4.69, 9.17) is 11.6 Å². The van der Waals surface area contributed by atoms with Crippen molar-refractivity contribution in [1.29, 1.82) is 0 Å².